The number of methoxy groups -OCH3 is 2. The summed E-state index contributed by atoms with van der Waals surface area (Å²) in [5, 5.41) is 3.34. The molecule has 0 bridgehead atoms. The molecule has 0 fully saturated rings. The van der Waals surface area contributed by atoms with Crippen molar-refractivity contribution in [1.82, 2.24) is 4.98 Å². The number of ketones is 1. The van der Waals surface area contributed by atoms with Gasteiger partial charge in [0, 0.05) is 28.4 Å². The lowest BCUT2D eigenvalue weighted by Crippen LogP contribution is -2.13. The molecule has 8 heteroatoms. The first-order chi connectivity index (χ1) is 17.0. The van der Waals surface area contributed by atoms with E-state index in [1.54, 1.807) is 26.4 Å². The number of hydrogen-bond acceptors (Lipinski definition) is 6. The number of aromatic nitrogens is 1. The van der Waals surface area contributed by atoms with E-state index in [0.717, 1.165) is 37.7 Å². The van der Waals surface area contributed by atoms with Gasteiger partial charge in [0.2, 0.25) is 5.91 Å². The third kappa shape index (κ3) is 6.15. The third-order valence-electron chi connectivity index (χ3n) is 5.33. The first kappa shape index (κ1) is 24.6. The van der Waals surface area contributed by atoms with Crippen LogP contribution in [0.3, 0.4) is 0 Å². The van der Waals surface area contributed by atoms with Crippen LogP contribution in [0.5, 0.6) is 11.5 Å². The molecule has 4 aromatic rings. The maximum Gasteiger partial charge on any atom is 0.226 e. The van der Waals surface area contributed by atoms with Crippen LogP contribution in [0.2, 0.25) is 0 Å². The minimum atomic E-state index is -0.258. The molecule has 35 heavy (non-hydrogen) atoms. The maximum absolute atomic E-state index is 12.6. The minimum absolute atomic E-state index is 0.0736. The lowest BCUT2D eigenvalue weighted by atomic mass is 10.1. The molecule has 178 valence electrons. The first-order valence-corrected chi connectivity index (χ1v) is 12.5. The van der Waals surface area contributed by atoms with Gasteiger partial charge in [-0.25, -0.2) is 4.98 Å². The van der Waals surface area contributed by atoms with Gasteiger partial charge in [-0.1, -0.05) is 39.4 Å². The lowest BCUT2D eigenvalue weighted by molar-refractivity contribution is -0.116. The number of halogens is 1. The molecule has 0 aliphatic carbocycles. The highest BCUT2D eigenvalue weighted by Crippen LogP contribution is 2.40. The van der Waals surface area contributed by atoms with Crippen molar-refractivity contribution in [2.45, 2.75) is 12.8 Å². The molecule has 0 radical (unpaired) electrons. The van der Waals surface area contributed by atoms with Crippen LogP contribution in [0, 0.1) is 0 Å². The Morgan fingerprint density at radius 1 is 0.829 bits per heavy atom. The predicted octanol–water partition coefficient (Wildman–Crippen LogP) is 6.86. The summed E-state index contributed by atoms with van der Waals surface area (Å²) >= 11 is 4.74. The van der Waals surface area contributed by atoms with E-state index in [9.17, 15) is 9.59 Å². The number of thiazole rings is 1. The second kappa shape index (κ2) is 11.3. The number of benzene rings is 3. The summed E-state index contributed by atoms with van der Waals surface area (Å²) in [6.07, 6.45) is 0.194. The van der Waals surface area contributed by atoms with E-state index in [-0.39, 0.29) is 24.5 Å². The summed E-state index contributed by atoms with van der Waals surface area (Å²) in [6, 6.07) is 22.4. The smallest absolute Gasteiger partial charge is 0.226 e. The van der Waals surface area contributed by atoms with E-state index >= 15 is 0 Å². The molecule has 1 amide bonds. The number of nitrogens with one attached hydrogen (secondary N) is 1. The molecule has 0 aliphatic rings. The fraction of sp³-hybridized carbons (Fsp3) is 0.148. The minimum Gasteiger partial charge on any atom is -0.497 e. The molecule has 0 aliphatic heterocycles. The summed E-state index contributed by atoms with van der Waals surface area (Å²) in [5.41, 5.74) is 3.20. The zero-order valence-corrected chi connectivity index (χ0v) is 21.6. The number of hydrogen-bond donors (Lipinski definition) is 1. The van der Waals surface area contributed by atoms with Crippen molar-refractivity contribution < 1.29 is 19.1 Å². The van der Waals surface area contributed by atoms with Gasteiger partial charge in [0.15, 0.2) is 10.9 Å². The Kier molecular flexibility index (Phi) is 7.94. The van der Waals surface area contributed by atoms with Crippen molar-refractivity contribution in [2.75, 3.05) is 19.5 Å². The molecule has 0 saturated heterocycles. The second-order valence-corrected chi connectivity index (χ2v) is 9.55. The van der Waals surface area contributed by atoms with Crippen molar-refractivity contribution >= 4 is 44.1 Å². The summed E-state index contributed by atoms with van der Waals surface area (Å²) in [5.74, 6) is 1.17. The molecule has 0 spiro atoms. The topological polar surface area (TPSA) is 77.5 Å². The van der Waals surface area contributed by atoms with E-state index in [1.807, 2.05) is 60.7 Å². The van der Waals surface area contributed by atoms with Crippen LogP contribution in [0.15, 0.2) is 77.3 Å². The Balaban J connectivity index is 1.53. The van der Waals surface area contributed by atoms with E-state index in [4.69, 9.17) is 14.5 Å². The van der Waals surface area contributed by atoms with Gasteiger partial charge in [-0.3, -0.25) is 9.59 Å². The number of nitrogens with zero attached hydrogens (tertiary/aromatic N) is 1. The standard InChI is InChI=1S/C27H23BrN2O4S/c1-33-21-11-5-18(6-12-21)25-26(19-7-13-22(34-2)14-8-19)35-27(30-25)29-24(32)16-15-23(31)17-3-9-20(28)10-4-17/h3-14H,15-16H2,1-2H3,(H,29,30,32). The van der Waals surface area contributed by atoms with Crippen LogP contribution in [0.1, 0.15) is 23.2 Å². The molecule has 1 heterocycles. The van der Waals surface area contributed by atoms with Gasteiger partial charge in [-0.2, -0.15) is 0 Å². The van der Waals surface area contributed by atoms with Crippen LogP contribution in [-0.2, 0) is 4.79 Å². The summed E-state index contributed by atoms with van der Waals surface area (Å²) < 4.78 is 11.4. The Bertz CT molecular complexity index is 1250. The van der Waals surface area contributed by atoms with Gasteiger partial charge < -0.3 is 14.8 Å². The van der Waals surface area contributed by atoms with Gasteiger partial charge in [0.05, 0.1) is 24.8 Å². The van der Waals surface area contributed by atoms with Crippen LogP contribution in [0.25, 0.3) is 21.7 Å². The normalized spacial score (nSPS) is 10.6. The van der Waals surface area contributed by atoms with E-state index in [2.05, 4.69) is 21.2 Å². The number of carbonyl (C=O) groups excluding carboxylic acids is 2. The zero-order valence-electron chi connectivity index (χ0n) is 19.2. The zero-order chi connectivity index (χ0) is 24.8. The van der Waals surface area contributed by atoms with E-state index < -0.39 is 0 Å². The molecule has 3 aromatic carbocycles. The molecular weight excluding hydrogens is 528 g/mol. The molecule has 0 atom stereocenters. The first-order valence-electron chi connectivity index (χ1n) is 10.8. The number of rotatable bonds is 9. The Hall–Kier alpha value is -3.49. The largest absolute Gasteiger partial charge is 0.497 e. The number of Topliss-reactive ketones (excluding diaryl/α,β-unsaturated/α-hetero) is 1. The highest BCUT2D eigenvalue weighted by molar-refractivity contribution is 9.10. The van der Waals surface area contributed by atoms with Crippen LogP contribution in [0.4, 0.5) is 5.13 Å². The van der Waals surface area contributed by atoms with Crippen LogP contribution in [-0.4, -0.2) is 30.9 Å². The Labute approximate surface area is 216 Å². The molecule has 0 saturated carbocycles. The molecule has 1 N–H and O–H groups in total. The quantitative estimate of drug-likeness (QED) is 0.230. The summed E-state index contributed by atoms with van der Waals surface area (Å²) in [4.78, 5) is 30.7. The van der Waals surface area contributed by atoms with Crippen LogP contribution >= 0.6 is 27.3 Å². The van der Waals surface area contributed by atoms with Crippen molar-refractivity contribution in [2.24, 2.45) is 0 Å². The maximum atomic E-state index is 12.6. The molecule has 6 nitrogen and oxygen atoms in total. The number of amides is 1. The van der Waals surface area contributed by atoms with Crippen molar-refractivity contribution in [3.05, 3.63) is 82.8 Å². The van der Waals surface area contributed by atoms with Crippen molar-refractivity contribution in [1.29, 1.82) is 0 Å². The highest BCUT2D eigenvalue weighted by Gasteiger charge is 2.18. The van der Waals surface area contributed by atoms with Crippen molar-refractivity contribution in [3.8, 4) is 33.2 Å². The van der Waals surface area contributed by atoms with E-state index in [0.29, 0.717) is 10.7 Å². The van der Waals surface area contributed by atoms with E-state index in [1.165, 1.54) is 11.3 Å². The van der Waals surface area contributed by atoms with Gasteiger partial charge in [0.1, 0.15) is 11.5 Å². The number of carbonyl (C=O) groups is 2. The summed E-state index contributed by atoms with van der Waals surface area (Å²) in [7, 11) is 3.25. The fourth-order valence-corrected chi connectivity index (χ4v) is 4.72. The predicted molar refractivity (Wildman–Crippen MR) is 142 cm³/mol. The second-order valence-electron chi connectivity index (χ2n) is 7.63. The molecule has 4 rings (SSSR count). The van der Waals surface area contributed by atoms with Crippen LogP contribution < -0.4 is 14.8 Å². The van der Waals surface area contributed by atoms with Gasteiger partial charge >= 0.3 is 0 Å². The van der Waals surface area contributed by atoms with Gasteiger partial charge in [-0.15, -0.1) is 0 Å². The number of ether oxygens (including phenoxy) is 2. The third-order valence-corrected chi connectivity index (χ3v) is 6.88. The Morgan fingerprint density at radius 3 is 1.97 bits per heavy atom. The highest BCUT2D eigenvalue weighted by atomic mass is 79.9. The van der Waals surface area contributed by atoms with Gasteiger partial charge in [0.25, 0.3) is 0 Å². The monoisotopic (exact) mass is 550 g/mol. The van der Waals surface area contributed by atoms with Gasteiger partial charge in [-0.05, 0) is 66.2 Å². The SMILES string of the molecule is COc1ccc(-c2nc(NC(=O)CCC(=O)c3ccc(Br)cc3)sc2-c2ccc(OC)cc2)cc1. The Morgan fingerprint density at radius 2 is 1.40 bits per heavy atom. The molecule has 1 aromatic heterocycles. The number of anilines is 1. The fourth-order valence-electron chi connectivity index (χ4n) is 3.45. The average Bonchev–Trinajstić information content (AvgIpc) is 3.31. The molecular formula is C27H23BrN2O4S. The average molecular weight is 551 g/mol. The lowest BCUT2D eigenvalue weighted by Gasteiger charge is -2.05. The summed E-state index contributed by atoms with van der Waals surface area (Å²) in [6.45, 7) is 0. The molecule has 0 unspecified atom stereocenters. The van der Waals surface area contributed by atoms with Crippen molar-refractivity contribution in [3.63, 3.8) is 0 Å².